The summed E-state index contributed by atoms with van der Waals surface area (Å²) in [5.41, 5.74) is -0.0423. The molecule has 1 rings (SSSR count). The van der Waals surface area contributed by atoms with E-state index in [9.17, 15) is 0 Å². The lowest BCUT2D eigenvalue weighted by Crippen LogP contribution is -2.29. The molecule has 0 aromatic carbocycles. The van der Waals surface area contributed by atoms with Crippen LogP contribution in [0.2, 0.25) is 0 Å². The van der Waals surface area contributed by atoms with Crippen LogP contribution >= 0.6 is 11.6 Å². The van der Waals surface area contributed by atoms with E-state index >= 15 is 0 Å². The van der Waals surface area contributed by atoms with Crippen LogP contribution in [0.15, 0.2) is 4.42 Å². The number of halogens is 1. The van der Waals surface area contributed by atoms with Gasteiger partial charge >= 0.3 is 6.01 Å². The summed E-state index contributed by atoms with van der Waals surface area (Å²) in [6.45, 7) is 8.03. The highest BCUT2D eigenvalue weighted by Crippen LogP contribution is 2.22. The van der Waals surface area contributed by atoms with E-state index < -0.39 is 0 Å². The van der Waals surface area contributed by atoms with Crippen LogP contribution in [0, 0.1) is 0 Å². The zero-order valence-electron chi connectivity index (χ0n) is 8.97. The topological polar surface area (TPSA) is 51.0 Å². The smallest absolute Gasteiger partial charge is 0.315 e. The fourth-order valence-electron chi connectivity index (χ4n) is 0.824. The first-order chi connectivity index (χ1) is 6.44. The minimum absolute atomic E-state index is 0.0423. The third-order valence-corrected chi connectivity index (χ3v) is 2.30. The van der Waals surface area contributed by atoms with Gasteiger partial charge in [-0.05, 0) is 27.2 Å². The zero-order chi connectivity index (χ0) is 10.8. The lowest BCUT2D eigenvalue weighted by molar-refractivity contribution is 0.469. The Kier molecular flexibility index (Phi) is 3.37. The quantitative estimate of drug-likeness (QED) is 0.788. The van der Waals surface area contributed by atoms with Crippen molar-refractivity contribution in [2.45, 2.75) is 45.0 Å². The van der Waals surface area contributed by atoms with Gasteiger partial charge in [0.1, 0.15) is 5.38 Å². The highest BCUT2D eigenvalue weighted by Gasteiger charge is 2.18. The summed E-state index contributed by atoms with van der Waals surface area (Å²) in [5, 5.41) is 10.6. The van der Waals surface area contributed by atoms with Crippen LogP contribution < -0.4 is 5.32 Å². The molecule has 1 aromatic heterocycles. The Morgan fingerprint density at radius 3 is 2.57 bits per heavy atom. The molecule has 4 nitrogen and oxygen atoms in total. The molecule has 14 heavy (non-hydrogen) atoms. The van der Waals surface area contributed by atoms with Crippen molar-refractivity contribution in [2.75, 3.05) is 5.32 Å². The van der Waals surface area contributed by atoms with Crippen LogP contribution in [0.25, 0.3) is 0 Å². The van der Waals surface area contributed by atoms with E-state index in [0.29, 0.717) is 11.9 Å². The summed E-state index contributed by atoms with van der Waals surface area (Å²) in [4.78, 5) is 0. The number of rotatable bonds is 4. The van der Waals surface area contributed by atoms with Crippen molar-refractivity contribution in [1.82, 2.24) is 10.2 Å². The van der Waals surface area contributed by atoms with E-state index in [1.54, 1.807) is 6.92 Å². The van der Waals surface area contributed by atoms with Gasteiger partial charge in [-0.25, -0.2) is 0 Å². The van der Waals surface area contributed by atoms with Gasteiger partial charge in [0.15, 0.2) is 0 Å². The maximum atomic E-state index is 5.80. The normalized spacial score (nSPS) is 14.1. The van der Waals surface area contributed by atoms with Crippen molar-refractivity contribution in [2.24, 2.45) is 0 Å². The summed E-state index contributed by atoms with van der Waals surface area (Å²) in [5.74, 6) is 0.445. The number of anilines is 1. The van der Waals surface area contributed by atoms with E-state index in [-0.39, 0.29) is 10.9 Å². The van der Waals surface area contributed by atoms with Crippen LogP contribution in [-0.4, -0.2) is 15.7 Å². The van der Waals surface area contributed by atoms with Gasteiger partial charge in [-0.15, -0.1) is 16.7 Å². The van der Waals surface area contributed by atoms with Gasteiger partial charge in [0.2, 0.25) is 5.89 Å². The summed E-state index contributed by atoms with van der Waals surface area (Å²) in [6, 6.07) is 0.430. The summed E-state index contributed by atoms with van der Waals surface area (Å²) in [6.07, 6.45) is 0.973. The first kappa shape index (κ1) is 11.3. The predicted octanol–water partition coefficient (Wildman–Crippen LogP) is 2.97. The molecule has 1 unspecified atom stereocenters. The van der Waals surface area contributed by atoms with Gasteiger partial charge in [-0.2, -0.15) is 0 Å². The maximum absolute atomic E-state index is 5.80. The number of aromatic nitrogens is 2. The molecular weight excluding hydrogens is 202 g/mol. The van der Waals surface area contributed by atoms with Crippen molar-refractivity contribution < 1.29 is 4.42 Å². The molecule has 80 valence electrons. The molecule has 0 aliphatic rings. The Labute approximate surface area is 89.0 Å². The molecule has 0 spiro atoms. The lowest BCUT2D eigenvalue weighted by Gasteiger charge is -2.22. The highest BCUT2D eigenvalue weighted by atomic mass is 35.5. The van der Waals surface area contributed by atoms with Crippen LogP contribution in [0.5, 0.6) is 0 Å². The Morgan fingerprint density at radius 2 is 2.14 bits per heavy atom. The number of nitrogens with zero attached hydrogens (tertiary/aromatic N) is 2. The minimum atomic E-state index is -0.247. The standard InChI is InChI=1S/C9H16ClN3O/c1-5-9(3,4)11-8-13-12-7(14-8)6(2)10/h6H,5H2,1-4H3,(H,11,13). The maximum Gasteiger partial charge on any atom is 0.315 e. The monoisotopic (exact) mass is 217 g/mol. The predicted molar refractivity (Wildman–Crippen MR) is 56.6 cm³/mol. The lowest BCUT2D eigenvalue weighted by atomic mass is 10.0. The summed E-state index contributed by atoms with van der Waals surface area (Å²) in [7, 11) is 0. The Hall–Kier alpha value is -0.770. The number of hydrogen-bond donors (Lipinski definition) is 1. The average molecular weight is 218 g/mol. The third kappa shape index (κ3) is 2.87. The molecule has 0 bridgehead atoms. The second-order valence-corrected chi connectivity index (χ2v) is 4.58. The molecular formula is C9H16ClN3O. The van der Waals surface area contributed by atoms with Crippen molar-refractivity contribution >= 4 is 17.6 Å². The fourth-order valence-corrected chi connectivity index (χ4v) is 0.912. The van der Waals surface area contributed by atoms with Gasteiger partial charge in [0, 0.05) is 5.54 Å². The van der Waals surface area contributed by atoms with E-state index in [1.165, 1.54) is 0 Å². The molecule has 0 saturated heterocycles. The second kappa shape index (κ2) is 4.17. The number of nitrogens with one attached hydrogen (secondary N) is 1. The van der Waals surface area contributed by atoms with E-state index in [4.69, 9.17) is 16.0 Å². The molecule has 0 fully saturated rings. The van der Waals surface area contributed by atoms with E-state index in [0.717, 1.165) is 6.42 Å². The molecule has 5 heteroatoms. The first-order valence-electron chi connectivity index (χ1n) is 4.70. The van der Waals surface area contributed by atoms with Crippen LogP contribution in [0.4, 0.5) is 6.01 Å². The second-order valence-electron chi connectivity index (χ2n) is 3.92. The molecule has 0 amide bonds. The molecule has 0 aliphatic heterocycles. The molecule has 1 N–H and O–H groups in total. The highest BCUT2D eigenvalue weighted by molar-refractivity contribution is 6.20. The van der Waals surface area contributed by atoms with Crippen LogP contribution in [-0.2, 0) is 0 Å². The van der Waals surface area contributed by atoms with Crippen molar-refractivity contribution in [3.63, 3.8) is 0 Å². The molecule has 1 atom stereocenters. The van der Waals surface area contributed by atoms with Crippen LogP contribution in [0.3, 0.4) is 0 Å². The van der Waals surface area contributed by atoms with Gasteiger partial charge < -0.3 is 9.73 Å². The van der Waals surface area contributed by atoms with Crippen LogP contribution in [0.1, 0.15) is 45.4 Å². The summed E-state index contributed by atoms with van der Waals surface area (Å²) < 4.78 is 5.32. The fraction of sp³-hybridized carbons (Fsp3) is 0.778. The Balaban J connectivity index is 2.69. The molecule has 0 aliphatic carbocycles. The number of alkyl halides is 1. The Bertz CT molecular complexity index is 296. The zero-order valence-corrected chi connectivity index (χ0v) is 9.72. The largest absolute Gasteiger partial charge is 0.406 e. The van der Waals surface area contributed by atoms with Crippen molar-refractivity contribution in [3.8, 4) is 0 Å². The van der Waals surface area contributed by atoms with E-state index in [2.05, 4.69) is 36.3 Å². The van der Waals surface area contributed by atoms with Gasteiger partial charge in [-0.3, -0.25) is 0 Å². The Morgan fingerprint density at radius 1 is 1.50 bits per heavy atom. The van der Waals surface area contributed by atoms with Crippen molar-refractivity contribution in [3.05, 3.63) is 5.89 Å². The van der Waals surface area contributed by atoms with Gasteiger partial charge in [0.25, 0.3) is 0 Å². The molecule has 1 heterocycles. The minimum Gasteiger partial charge on any atom is -0.406 e. The average Bonchev–Trinajstić information content (AvgIpc) is 2.52. The van der Waals surface area contributed by atoms with Crippen molar-refractivity contribution in [1.29, 1.82) is 0 Å². The molecule has 1 aromatic rings. The summed E-state index contributed by atoms with van der Waals surface area (Å²) >= 11 is 5.80. The SMILES string of the molecule is CCC(C)(C)Nc1nnc(C(C)Cl)o1. The van der Waals surface area contributed by atoms with Gasteiger partial charge in [0.05, 0.1) is 0 Å². The van der Waals surface area contributed by atoms with E-state index in [1.807, 2.05) is 0 Å². The molecule has 0 saturated carbocycles. The molecule has 0 radical (unpaired) electrons. The van der Waals surface area contributed by atoms with Gasteiger partial charge in [-0.1, -0.05) is 12.0 Å². The first-order valence-corrected chi connectivity index (χ1v) is 5.14. The number of hydrogen-bond acceptors (Lipinski definition) is 4. The third-order valence-electron chi connectivity index (χ3n) is 2.11.